The van der Waals surface area contributed by atoms with E-state index in [-0.39, 0.29) is 18.4 Å². The Hall–Kier alpha value is -2.09. The van der Waals surface area contributed by atoms with Crippen molar-refractivity contribution in [2.75, 3.05) is 32.1 Å². The molecule has 0 radical (unpaired) electrons. The van der Waals surface area contributed by atoms with Gasteiger partial charge in [0.15, 0.2) is 0 Å². The molecule has 0 aromatic carbocycles. The van der Waals surface area contributed by atoms with Crippen LogP contribution in [-0.4, -0.2) is 64.7 Å². The first kappa shape index (κ1) is 17.3. The molecule has 0 spiro atoms. The van der Waals surface area contributed by atoms with E-state index in [4.69, 9.17) is 0 Å². The summed E-state index contributed by atoms with van der Waals surface area (Å²) >= 11 is 0. The molecule has 2 N–H and O–H groups in total. The molecule has 0 saturated carbocycles. The molecule has 1 unspecified atom stereocenters. The summed E-state index contributed by atoms with van der Waals surface area (Å²) in [6.07, 6.45) is 2.82. The molecule has 23 heavy (non-hydrogen) atoms. The maximum Gasteiger partial charge on any atom is 0.251 e. The molecular weight excluding hydrogens is 298 g/mol. The van der Waals surface area contributed by atoms with E-state index < -0.39 is 6.10 Å². The van der Waals surface area contributed by atoms with Crippen molar-refractivity contribution >= 4 is 17.8 Å². The van der Waals surface area contributed by atoms with Gasteiger partial charge in [0.05, 0.1) is 25.0 Å². The van der Waals surface area contributed by atoms with Crippen LogP contribution in [0.15, 0.2) is 6.20 Å². The number of nitrogens with one attached hydrogen (secondary N) is 1. The van der Waals surface area contributed by atoms with Crippen LogP contribution in [0.3, 0.4) is 0 Å². The predicted molar refractivity (Wildman–Crippen MR) is 85.8 cm³/mol. The molecule has 128 valence electrons. The highest BCUT2D eigenvalue weighted by atomic mass is 16.3. The fraction of sp³-hybridized carbons (Fsp3) is 0.667. The number of carbonyl (C=O) groups is 2. The number of likely N-dealkylation sites (tertiary alicyclic amines) is 1. The van der Waals surface area contributed by atoms with E-state index in [1.165, 1.54) is 4.90 Å². The third kappa shape index (κ3) is 4.22. The normalized spacial score (nSPS) is 18.7. The van der Waals surface area contributed by atoms with Crippen LogP contribution in [0.25, 0.3) is 0 Å². The van der Waals surface area contributed by atoms with E-state index in [0.29, 0.717) is 19.5 Å². The zero-order chi connectivity index (χ0) is 17.0. The van der Waals surface area contributed by atoms with Crippen LogP contribution in [0.2, 0.25) is 0 Å². The SMILES string of the molecule is CN(C)c1ncc(CNC(=O)CN2CCCCC(O)C2=O)n1C. The molecule has 2 amide bonds. The summed E-state index contributed by atoms with van der Waals surface area (Å²) in [5, 5.41) is 12.5. The van der Waals surface area contributed by atoms with Crippen molar-refractivity contribution in [2.45, 2.75) is 31.9 Å². The van der Waals surface area contributed by atoms with Crippen LogP contribution >= 0.6 is 0 Å². The standard InChI is InChI=1S/C15H25N5O3/c1-18(2)15-17-9-11(19(15)3)8-16-13(22)10-20-7-5-4-6-12(21)14(20)23/h9,12,21H,4-8,10H2,1-3H3,(H,16,22). The third-order valence-corrected chi connectivity index (χ3v) is 4.01. The van der Waals surface area contributed by atoms with Crippen molar-refractivity contribution in [3.05, 3.63) is 11.9 Å². The van der Waals surface area contributed by atoms with Gasteiger partial charge in [0, 0.05) is 27.7 Å². The van der Waals surface area contributed by atoms with Crippen LogP contribution in [0.4, 0.5) is 5.95 Å². The van der Waals surface area contributed by atoms with Gasteiger partial charge in [-0.3, -0.25) is 9.59 Å². The van der Waals surface area contributed by atoms with E-state index in [1.807, 2.05) is 30.6 Å². The zero-order valence-corrected chi connectivity index (χ0v) is 13.9. The van der Waals surface area contributed by atoms with Crippen molar-refractivity contribution in [3.63, 3.8) is 0 Å². The Balaban J connectivity index is 1.88. The van der Waals surface area contributed by atoms with Crippen LogP contribution in [0, 0.1) is 0 Å². The van der Waals surface area contributed by atoms with E-state index in [1.54, 1.807) is 6.20 Å². The lowest BCUT2D eigenvalue weighted by atomic mass is 10.2. The Morgan fingerprint density at radius 1 is 1.48 bits per heavy atom. The molecule has 1 aromatic rings. The molecule has 1 aliphatic heterocycles. The lowest BCUT2D eigenvalue weighted by molar-refractivity contribution is -0.142. The second kappa shape index (κ2) is 7.45. The second-order valence-corrected chi connectivity index (χ2v) is 6.05. The number of hydrogen-bond donors (Lipinski definition) is 2. The molecule has 1 aromatic heterocycles. The maximum absolute atomic E-state index is 12.1. The lowest BCUT2D eigenvalue weighted by Gasteiger charge is -2.21. The Morgan fingerprint density at radius 2 is 2.22 bits per heavy atom. The summed E-state index contributed by atoms with van der Waals surface area (Å²) in [6, 6.07) is 0. The van der Waals surface area contributed by atoms with Gasteiger partial charge < -0.3 is 24.8 Å². The average Bonchev–Trinajstić information content (AvgIpc) is 2.80. The van der Waals surface area contributed by atoms with Gasteiger partial charge in [-0.2, -0.15) is 0 Å². The molecule has 2 heterocycles. The molecule has 0 bridgehead atoms. The number of nitrogens with zero attached hydrogens (tertiary/aromatic N) is 4. The number of anilines is 1. The number of imidazole rings is 1. The summed E-state index contributed by atoms with van der Waals surface area (Å²) in [5.41, 5.74) is 0.879. The van der Waals surface area contributed by atoms with Gasteiger partial charge in [-0.25, -0.2) is 4.98 Å². The lowest BCUT2D eigenvalue weighted by Crippen LogP contribution is -2.44. The quantitative estimate of drug-likeness (QED) is 0.761. The topological polar surface area (TPSA) is 90.7 Å². The number of aliphatic hydroxyl groups is 1. The first-order valence-corrected chi connectivity index (χ1v) is 7.81. The molecule has 1 saturated heterocycles. The zero-order valence-electron chi connectivity index (χ0n) is 13.9. The highest BCUT2D eigenvalue weighted by Gasteiger charge is 2.26. The molecule has 1 aliphatic rings. The third-order valence-electron chi connectivity index (χ3n) is 4.01. The van der Waals surface area contributed by atoms with E-state index >= 15 is 0 Å². The molecular formula is C15H25N5O3. The Kier molecular flexibility index (Phi) is 5.59. The summed E-state index contributed by atoms with van der Waals surface area (Å²) in [6.45, 7) is 0.842. The number of amides is 2. The average molecular weight is 323 g/mol. The fourth-order valence-electron chi connectivity index (χ4n) is 2.67. The van der Waals surface area contributed by atoms with Gasteiger partial charge in [-0.05, 0) is 19.3 Å². The van der Waals surface area contributed by atoms with Crippen LogP contribution in [-0.2, 0) is 23.2 Å². The van der Waals surface area contributed by atoms with Crippen LogP contribution in [0.5, 0.6) is 0 Å². The van der Waals surface area contributed by atoms with Crippen molar-refractivity contribution in [1.82, 2.24) is 19.8 Å². The second-order valence-electron chi connectivity index (χ2n) is 6.05. The number of aromatic nitrogens is 2. The highest BCUT2D eigenvalue weighted by Crippen LogP contribution is 2.12. The Bertz CT molecular complexity index is 569. The minimum Gasteiger partial charge on any atom is -0.383 e. The van der Waals surface area contributed by atoms with E-state index in [0.717, 1.165) is 24.5 Å². The summed E-state index contributed by atoms with van der Waals surface area (Å²) in [5.74, 6) is 0.216. The van der Waals surface area contributed by atoms with Crippen molar-refractivity contribution < 1.29 is 14.7 Å². The monoisotopic (exact) mass is 323 g/mol. The van der Waals surface area contributed by atoms with Crippen molar-refractivity contribution in [1.29, 1.82) is 0 Å². The molecule has 1 atom stereocenters. The maximum atomic E-state index is 12.1. The van der Waals surface area contributed by atoms with Crippen molar-refractivity contribution in [3.8, 4) is 0 Å². The molecule has 8 heteroatoms. The first-order valence-electron chi connectivity index (χ1n) is 7.81. The van der Waals surface area contributed by atoms with E-state index in [2.05, 4.69) is 10.3 Å². The largest absolute Gasteiger partial charge is 0.383 e. The van der Waals surface area contributed by atoms with Gasteiger partial charge >= 0.3 is 0 Å². The number of aliphatic hydroxyl groups excluding tert-OH is 1. The molecule has 0 aliphatic carbocycles. The first-order chi connectivity index (χ1) is 10.9. The molecule has 2 rings (SSSR count). The molecule has 8 nitrogen and oxygen atoms in total. The van der Waals surface area contributed by atoms with Gasteiger partial charge in [-0.15, -0.1) is 0 Å². The van der Waals surface area contributed by atoms with Gasteiger partial charge in [0.1, 0.15) is 6.10 Å². The number of carbonyl (C=O) groups excluding carboxylic acids is 2. The number of rotatable bonds is 5. The summed E-state index contributed by atoms with van der Waals surface area (Å²) in [4.78, 5) is 31.6. The molecule has 1 fully saturated rings. The summed E-state index contributed by atoms with van der Waals surface area (Å²) < 4.78 is 1.90. The Labute approximate surface area is 136 Å². The van der Waals surface area contributed by atoms with Gasteiger partial charge in [0.2, 0.25) is 11.9 Å². The van der Waals surface area contributed by atoms with Crippen LogP contribution in [0.1, 0.15) is 25.0 Å². The van der Waals surface area contributed by atoms with Crippen molar-refractivity contribution in [2.24, 2.45) is 7.05 Å². The number of hydrogen-bond acceptors (Lipinski definition) is 5. The van der Waals surface area contributed by atoms with Gasteiger partial charge in [0.25, 0.3) is 5.91 Å². The smallest absolute Gasteiger partial charge is 0.251 e. The van der Waals surface area contributed by atoms with Crippen LogP contribution < -0.4 is 10.2 Å². The fourth-order valence-corrected chi connectivity index (χ4v) is 2.67. The minimum atomic E-state index is -0.981. The Morgan fingerprint density at radius 3 is 2.87 bits per heavy atom. The van der Waals surface area contributed by atoms with E-state index in [9.17, 15) is 14.7 Å². The van der Waals surface area contributed by atoms with Gasteiger partial charge in [-0.1, -0.05) is 0 Å². The summed E-state index contributed by atoms with van der Waals surface area (Å²) in [7, 11) is 5.69. The predicted octanol–water partition coefficient (Wildman–Crippen LogP) is -0.524. The highest BCUT2D eigenvalue weighted by molar-refractivity contribution is 5.87. The minimum absolute atomic E-state index is 0.0196.